The Hall–Kier alpha value is -0.910. The maximum atomic E-state index is 11.6. The van der Waals surface area contributed by atoms with E-state index < -0.39 is 5.60 Å². The average Bonchev–Trinajstić information content (AvgIpc) is 3.24. The molecule has 29 heavy (non-hydrogen) atoms. The Balaban J connectivity index is 1.40. The van der Waals surface area contributed by atoms with Gasteiger partial charge in [0.25, 0.3) is 0 Å². The van der Waals surface area contributed by atoms with E-state index in [1.807, 2.05) is 0 Å². The molecule has 0 bridgehead atoms. The van der Waals surface area contributed by atoms with Gasteiger partial charge in [0.15, 0.2) is 5.79 Å². The molecular weight excluding hydrogens is 366 g/mol. The summed E-state index contributed by atoms with van der Waals surface area (Å²) in [4.78, 5) is 11.5. The van der Waals surface area contributed by atoms with Gasteiger partial charge in [-0.2, -0.15) is 0 Å². The van der Waals surface area contributed by atoms with Crippen LogP contribution in [0, 0.1) is 28.6 Å². The first-order valence-electron chi connectivity index (χ1n) is 11.7. The molecule has 1 saturated heterocycles. The molecule has 5 aliphatic rings. The van der Waals surface area contributed by atoms with Crippen LogP contribution in [0.3, 0.4) is 0 Å². The predicted octanol–water partition coefficient (Wildman–Crippen LogP) is 3.56. The van der Waals surface area contributed by atoms with E-state index in [1.165, 1.54) is 13.3 Å². The van der Waals surface area contributed by atoms with Crippen molar-refractivity contribution in [3.8, 4) is 0 Å². The minimum atomic E-state index is -0.776. The number of ether oxygens (including phenoxy) is 2. The summed E-state index contributed by atoms with van der Waals surface area (Å²) in [7, 11) is 0. The number of rotatable bonds is 2. The number of carbonyl (C=O) groups is 1. The Labute approximate surface area is 174 Å². The van der Waals surface area contributed by atoms with Gasteiger partial charge in [-0.3, -0.25) is 4.79 Å². The second-order valence-electron chi connectivity index (χ2n) is 11.0. The average molecular weight is 404 g/mol. The van der Waals surface area contributed by atoms with Crippen molar-refractivity contribution in [1.29, 1.82) is 0 Å². The van der Waals surface area contributed by atoms with Crippen LogP contribution in [0.5, 0.6) is 0 Å². The number of nitrogens with one attached hydrogen (secondary N) is 1. The molecule has 0 aromatic heterocycles. The standard InChI is InChI=1S/C24H37NO4/c1-16(26)25-15-23(27)9-7-20-18-5-4-17-14-24(28-12-13-29-24)11-10-21(17,2)19(18)6-8-22(20,23)3/h4,18-20,27H,5-15H2,1-3H3,(H,25,26)/t18-,19+,20+,21+,22+,23-/m1/s1. The first-order valence-corrected chi connectivity index (χ1v) is 11.7. The second-order valence-corrected chi connectivity index (χ2v) is 11.0. The molecule has 4 aliphatic carbocycles. The van der Waals surface area contributed by atoms with Crippen molar-refractivity contribution in [3.05, 3.63) is 11.6 Å². The third kappa shape index (κ3) is 2.80. The number of amides is 1. The molecule has 5 nitrogen and oxygen atoms in total. The normalized spacial score (nSPS) is 47.9. The van der Waals surface area contributed by atoms with E-state index in [4.69, 9.17) is 9.47 Å². The summed E-state index contributed by atoms with van der Waals surface area (Å²) in [5.74, 6) is 1.44. The number of aliphatic hydroxyl groups is 1. The van der Waals surface area contributed by atoms with Crippen LogP contribution in [0.2, 0.25) is 0 Å². The minimum absolute atomic E-state index is 0.0515. The van der Waals surface area contributed by atoms with Gasteiger partial charge in [0.1, 0.15) is 0 Å². The molecule has 0 unspecified atom stereocenters. The molecule has 1 spiro atoms. The van der Waals surface area contributed by atoms with Crippen molar-refractivity contribution in [2.75, 3.05) is 19.8 Å². The van der Waals surface area contributed by atoms with Crippen molar-refractivity contribution in [2.24, 2.45) is 28.6 Å². The molecule has 5 heteroatoms. The number of hydrogen-bond acceptors (Lipinski definition) is 4. The molecule has 162 valence electrons. The van der Waals surface area contributed by atoms with Gasteiger partial charge >= 0.3 is 0 Å². The molecule has 3 saturated carbocycles. The zero-order valence-electron chi connectivity index (χ0n) is 18.3. The molecule has 4 fully saturated rings. The number of carbonyl (C=O) groups excluding carboxylic acids is 1. The van der Waals surface area contributed by atoms with Crippen molar-refractivity contribution < 1.29 is 19.4 Å². The highest BCUT2D eigenvalue weighted by atomic mass is 16.7. The summed E-state index contributed by atoms with van der Waals surface area (Å²) in [6, 6.07) is 0. The Morgan fingerprint density at radius 1 is 1.14 bits per heavy atom. The summed E-state index contributed by atoms with van der Waals surface area (Å²) in [5.41, 5.74) is 0.915. The molecule has 1 aliphatic heterocycles. The number of allylic oxidation sites excluding steroid dienone is 1. The summed E-state index contributed by atoms with van der Waals surface area (Å²) in [5, 5.41) is 14.5. The maximum absolute atomic E-state index is 11.6. The van der Waals surface area contributed by atoms with Gasteiger partial charge in [-0.05, 0) is 61.7 Å². The van der Waals surface area contributed by atoms with Gasteiger partial charge < -0.3 is 19.9 Å². The Bertz CT molecular complexity index is 728. The van der Waals surface area contributed by atoms with Crippen LogP contribution in [0.1, 0.15) is 72.1 Å². The fourth-order valence-corrected chi connectivity index (χ4v) is 8.02. The Morgan fingerprint density at radius 3 is 2.59 bits per heavy atom. The van der Waals surface area contributed by atoms with Crippen LogP contribution in [-0.2, 0) is 14.3 Å². The van der Waals surface area contributed by atoms with Crippen LogP contribution in [0.4, 0.5) is 0 Å². The van der Waals surface area contributed by atoms with E-state index in [2.05, 4.69) is 25.2 Å². The van der Waals surface area contributed by atoms with Crippen molar-refractivity contribution in [2.45, 2.75) is 83.5 Å². The lowest BCUT2D eigenvalue weighted by atomic mass is 9.46. The molecule has 2 N–H and O–H groups in total. The highest BCUT2D eigenvalue weighted by Crippen LogP contribution is 2.67. The van der Waals surface area contributed by atoms with Crippen molar-refractivity contribution in [1.82, 2.24) is 5.32 Å². The quantitative estimate of drug-likeness (QED) is 0.692. The first kappa shape index (κ1) is 20.0. The predicted molar refractivity (Wildman–Crippen MR) is 110 cm³/mol. The minimum Gasteiger partial charge on any atom is -0.387 e. The van der Waals surface area contributed by atoms with Crippen molar-refractivity contribution >= 4 is 5.91 Å². The van der Waals surface area contributed by atoms with Crippen LogP contribution in [0.15, 0.2) is 11.6 Å². The van der Waals surface area contributed by atoms with E-state index in [0.29, 0.717) is 24.3 Å². The van der Waals surface area contributed by atoms with Gasteiger partial charge in [-0.25, -0.2) is 0 Å². The molecule has 6 atom stereocenters. The molecule has 0 aromatic rings. The van der Waals surface area contributed by atoms with Crippen LogP contribution >= 0.6 is 0 Å². The summed E-state index contributed by atoms with van der Waals surface area (Å²) in [6.45, 7) is 8.16. The zero-order valence-corrected chi connectivity index (χ0v) is 18.3. The zero-order chi connectivity index (χ0) is 20.5. The number of hydrogen-bond donors (Lipinski definition) is 2. The molecule has 0 radical (unpaired) electrons. The van der Waals surface area contributed by atoms with E-state index in [9.17, 15) is 9.90 Å². The first-order chi connectivity index (χ1) is 13.7. The van der Waals surface area contributed by atoms with E-state index >= 15 is 0 Å². The SMILES string of the molecule is CC(=O)NC[C@]1(O)CC[C@H]2[C@@H]3CC=C4CC5(CC[C@]4(C)[C@H]3CC[C@@]21C)OCCO5. The van der Waals surface area contributed by atoms with Gasteiger partial charge in [-0.1, -0.05) is 25.5 Å². The second kappa shape index (κ2) is 6.54. The molecular formula is C24H37NO4. The summed E-state index contributed by atoms with van der Waals surface area (Å²) in [6.07, 6.45) is 10.8. The lowest BCUT2D eigenvalue weighted by Crippen LogP contribution is -2.58. The van der Waals surface area contributed by atoms with Crippen molar-refractivity contribution in [3.63, 3.8) is 0 Å². The molecule has 1 amide bonds. The monoisotopic (exact) mass is 403 g/mol. The Kier molecular flexibility index (Phi) is 4.52. The van der Waals surface area contributed by atoms with E-state index in [0.717, 1.165) is 58.2 Å². The molecule has 5 rings (SSSR count). The largest absolute Gasteiger partial charge is 0.387 e. The molecule has 0 aromatic carbocycles. The summed E-state index contributed by atoms with van der Waals surface area (Å²) < 4.78 is 12.1. The van der Waals surface area contributed by atoms with Crippen LogP contribution in [0.25, 0.3) is 0 Å². The summed E-state index contributed by atoms with van der Waals surface area (Å²) >= 11 is 0. The third-order valence-corrected chi connectivity index (χ3v) is 9.88. The topological polar surface area (TPSA) is 67.8 Å². The fraction of sp³-hybridized carbons (Fsp3) is 0.875. The van der Waals surface area contributed by atoms with E-state index in [1.54, 1.807) is 5.57 Å². The van der Waals surface area contributed by atoms with Crippen LogP contribution in [-0.4, -0.2) is 42.2 Å². The van der Waals surface area contributed by atoms with Gasteiger partial charge in [-0.15, -0.1) is 0 Å². The lowest BCUT2D eigenvalue weighted by Gasteiger charge is -2.59. The van der Waals surface area contributed by atoms with Gasteiger partial charge in [0.2, 0.25) is 5.91 Å². The fourth-order valence-electron chi connectivity index (χ4n) is 8.02. The van der Waals surface area contributed by atoms with Crippen LogP contribution < -0.4 is 5.32 Å². The molecule has 1 heterocycles. The van der Waals surface area contributed by atoms with Gasteiger partial charge in [0.05, 0.1) is 18.8 Å². The smallest absolute Gasteiger partial charge is 0.216 e. The third-order valence-electron chi connectivity index (χ3n) is 9.88. The maximum Gasteiger partial charge on any atom is 0.216 e. The lowest BCUT2D eigenvalue weighted by molar-refractivity contribution is -0.187. The Morgan fingerprint density at radius 2 is 1.86 bits per heavy atom. The number of fused-ring (bicyclic) bond motifs is 5. The van der Waals surface area contributed by atoms with E-state index in [-0.39, 0.29) is 22.5 Å². The van der Waals surface area contributed by atoms with Gasteiger partial charge in [0, 0.05) is 31.7 Å². The highest BCUT2D eigenvalue weighted by Gasteiger charge is 2.64. The highest BCUT2D eigenvalue weighted by molar-refractivity contribution is 5.72.